The summed E-state index contributed by atoms with van der Waals surface area (Å²) in [7, 11) is 0. The van der Waals surface area contributed by atoms with Gasteiger partial charge in [-0.2, -0.15) is 0 Å². The van der Waals surface area contributed by atoms with Gasteiger partial charge >= 0.3 is 0 Å². The second-order valence-electron chi connectivity index (χ2n) is 7.52. The van der Waals surface area contributed by atoms with E-state index in [0.717, 1.165) is 23.7 Å². The Labute approximate surface area is 183 Å². The van der Waals surface area contributed by atoms with Crippen LogP contribution in [0.15, 0.2) is 46.3 Å². The molecule has 0 fully saturated rings. The van der Waals surface area contributed by atoms with Crippen molar-refractivity contribution >= 4 is 45.9 Å². The Morgan fingerprint density at radius 2 is 2.03 bits per heavy atom. The van der Waals surface area contributed by atoms with Gasteiger partial charge in [-0.1, -0.05) is 43.3 Å². The van der Waals surface area contributed by atoms with Crippen molar-refractivity contribution in [1.29, 1.82) is 0 Å². The zero-order valence-electron chi connectivity index (χ0n) is 17.0. The van der Waals surface area contributed by atoms with Crippen LogP contribution in [0.25, 0.3) is 10.9 Å². The van der Waals surface area contributed by atoms with E-state index in [1.807, 2.05) is 0 Å². The maximum atomic E-state index is 14.0. The molecule has 3 rings (SSSR count). The molecule has 0 aliphatic heterocycles. The molecule has 0 spiro atoms. The summed E-state index contributed by atoms with van der Waals surface area (Å²) >= 11 is 7.20. The van der Waals surface area contributed by atoms with Crippen LogP contribution in [0.4, 0.5) is 10.1 Å². The lowest BCUT2D eigenvalue weighted by atomic mass is 10.1. The van der Waals surface area contributed by atoms with Gasteiger partial charge in [0.1, 0.15) is 5.82 Å². The van der Waals surface area contributed by atoms with Gasteiger partial charge in [-0.3, -0.25) is 14.2 Å². The molecule has 1 heterocycles. The number of carbonyl (C=O) groups excluding carboxylic acids is 1. The molecule has 0 unspecified atom stereocenters. The first-order chi connectivity index (χ1) is 14.2. The minimum atomic E-state index is -0.485. The number of hydrogen-bond acceptors (Lipinski definition) is 4. The second kappa shape index (κ2) is 9.62. The van der Waals surface area contributed by atoms with Crippen molar-refractivity contribution in [2.45, 2.75) is 38.9 Å². The molecular weight excluding hydrogens is 425 g/mol. The molecule has 0 saturated carbocycles. The highest BCUT2D eigenvalue weighted by Gasteiger charge is 2.15. The number of carbonyl (C=O) groups is 1. The lowest BCUT2D eigenvalue weighted by Crippen LogP contribution is -2.25. The van der Waals surface area contributed by atoms with E-state index in [-0.39, 0.29) is 22.9 Å². The SMILES string of the molecule is Cc1ccc(NC(=O)CSc2nc3cc(Cl)ccc3c(=O)n2CCC(C)C)c(F)c1. The fraction of sp³-hybridized carbons (Fsp3) is 0.318. The van der Waals surface area contributed by atoms with E-state index >= 15 is 0 Å². The molecule has 0 radical (unpaired) electrons. The average Bonchev–Trinajstić information content (AvgIpc) is 2.67. The predicted molar refractivity (Wildman–Crippen MR) is 121 cm³/mol. The van der Waals surface area contributed by atoms with Crippen LogP contribution in [-0.2, 0) is 11.3 Å². The Morgan fingerprint density at radius 3 is 2.73 bits per heavy atom. The van der Waals surface area contributed by atoms with Crippen molar-refractivity contribution < 1.29 is 9.18 Å². The van der Waals surface area contributed by atoms with Crippen LogP contribution in [-0.4, -0.2) is 21.2 Å². The van der Waals surface area contributed by atoms with Crippen molar-refractivity contribution in [1.82, 2.24) is 9.55 Å². The molecule has 8 heteroatoms. The van der Waals surface area contributed by atoms with E-state index in [9.17, 15) is 14.0 Å². The normalized spacial score (nSPS) is 11.3. The molecule has 0 aliphatic carbocycles. The average molecular weight is 448 g/mol. The zero-order valence-corrected chi connectivity index (χ0v) is 18.6. The molecule has 0 atom stereocenters. The lowest BCUT2D eigenvalue weighted by Gasteiger charge is -2.14. The number of benzene rings is 2. The molecule has 0 bridgehead atoms. The van der Waals surface area contributed by atoms with Gasteiger partial charge in [0.15, 0.2) is 5.16 Å². The number of halogens is 2. The molecule has 3 aromatic rings. The van der Waals surface area contributed by atoms with Crippen LogP contribution >= 0.6 is 23.4 Å². The lowest BCUT2D eigenvalue weighted by molar-refractivity contribution is -0.113. The summed E-state index contributed by atoms with van der Waals surface area (Å²) in [6.45, 7) is 6.43. The van der Waals surface area contributed by atoms with Gasteiger partial charge in [-0.25, -0.2) is 9.37 Å². The van der Waals surface area contributed by atoms with Crippen LogP contribution in [0.2, 0.25) is 5.02 Å². The Kier molecular flexibility index (Phi) is 7.15. The van der Waals surface area contributed by atoms with Gasteiger partial charge in [-0.15, -0.1) is 0 Å². The third-order valence-corrected chi connectivity index (χ3v) is 5.75. The molecule has 30 heavy (non-hydrogen) atoms. The van der Waals surface area contributed by atoms with Crippen molar-refractivity contribution in [3.05, 3.63) is 63.2 Å². The van der Waals surface area contributed by atoms with Gasteiger partial charge in [0, 0.05) is 11.6 Å². The predicted octanol–water partition coefficient (Wildman–Crippen LogP) is 5.27. The summed E-state index contributed by atoms with van der Waals surface area (Å²) in [4.78, 5) is 29.9. The van der Waals surface area contributed by atoms with Gasteiger partial charge < -0.3 is 5.32 Å². The van der Waals surface area contributed by atoms with Crippen molar-refractivity contribution in [3.8, 4) is 0 Å². The van der Waals surface area contributed by atoms with Crippen molar-refractivity contribution in [2.24, 2.45) is 5.92 Å². The Hall–Kier alpha value is -2.38. The summed E-state index contributed by atoms with van der Waals surface area (Å²) in [6, 6.07) is 9.58. The Balaban J connectivity index is 1.84. The topological polar surface area (TPSA) is 64.0 Å². The maximum Gasteiger partial charge on any atom is 0.262 e. The summed E-state index contributed by atoms with van der Waals surface area (Å²) in [5.41, 5.74) is 1.22. The monoisotopic (exact) mass is 447 g/mol. The van der Waals surface area contributed by atoms with Gasteiger partial charge in [0.2, 0.25) is 5.91 Å². The largest absolute Gasteiger partial charge is 0.323 e. The number of thioether (sulfide) groups is 1. The molecule has 1 aromatic heterocycles. The first kappa shape index (κ1) is 22.3. The minimum Gasteiger partial charge on any atom is -0.323 e. The minimum absolute atomic E-state index is 0.00644. The number of nitrogens with zero attached hydrogens (tertiary/aromatic N) is 2. The van der Waals surface area contributed by atoms with Crippen molar-refractivity contribution in [3.63, 3.8) is 0 Å². The molecule has 1 amide bonds. The van der Waals surface area contributed by atoms with E-state index in [2.05, 4.69) is 24.1 Å². The van der Waals surface area contributed by atoms with Crippen molar-refractivity contribution in [2.75, 3.05) is 11.1 Å². The van der Waals surface area contributed by atoms with E-state index in [1.54, 1.807) is 35.8 Å². The number of hydrogen-bond donors (Lipinski definition) is 1. The first-order valence-corrected chi connectivity index (χ1v) is 11.0. The van der Waals surface area contributed by atoms with E-state index in [4.69, 9.17) is 11.6 Å². The fourth-order valence-electron chi connectivity index (χ4n) is 2.91. The number of rotatable bonds is 7. The zero-order chi connectivity index (χ0) is 21.8. The highest BCUT2D eigenvalue weighted by molar-refractivity contribution is 7.99. The van der Waals surface area contributed by atoms with Gasteiger partial charge in [0.25, 0.3) is 5.56 Å². The highest BCUT2D eigenvalue weighted by atomic mass is 35.5. The van der Waals surface area contributed by atoms with Gasteiger partial charge in [-0.05, 0) is 55.2 Å². The summed E-state index contributed by atoms with van der Waals surface area (Å²) in [5.74, 6) is -0.462. The summed E-state index contributed by atoms with van der Waals surface area (Å²) in [6.07, 6.45) is 0.801. The number of aromatic nitrogens is 2. The van der Waals surface area contributed by atoms with Crippen LogP contribution < -0.4 is 10.9 Å². The van der Waals surface area contributed by atoms with E-state index < -0.39 is 5.82 Å². The van der Waals surface area contributed by atoms with Crippen LogP contribution in [0.5, 0.6) is 0 Å². The molecule has 2 aromatic carbocycles. The third kappa shape index (κ3) is 5.40. The van der Waals surface area contributed by atoms with E-state index in [1.165, 1.54) is 12.1 Å². The molecule has 5 nitrogen and oxygen atoms in total. The number of nitrogens with one attached hydrogen (secondary N) is 1. The highest BCUT2D eigenvalue weighted by Crippen LogP contribution is 2.22. The molecule has 158 valence electrons. The molecule has 0 aliphatic rings. The second-order valence-corrected chi connectivity index (χ2v) is 8.89. The van der Waals surface area contributed by atoms with Crippen LogP contribution in [0, 0.1) is 18.7 Å². The maximum absolute atomic E-state index is 14.0. The Morgan fingerprint density at radius 1 is 1.27 bits per heavy atom. The number of fused-ring (bicyclic) bond motifs is 1. The summed E-state index contributed by atoms with van der Waals surface area (Å²) < 4.78 is 15.6. The van der Waals surface area contributed by atoms with E-state index in [0.29, 0.717) is 33.5 Å². The van der Waals surface area contributed by atoms with Gasteiger partial charge in [0.05, 0.1) is 22.3 Å². The first-order valence-electron chi connectivity index (χ1n) is 9.63. The number of anilines is 1. The quantitative estimate of drug-likeness (QED) is 0.395. The standard InChI is InChI=1S/C22H23ClFN3O2S/c1-13(2)8-9-27-21(29)16-6-5-15(23)11-19(16)26-22(27)30-12-20(28)25-18-7-4-14(3)10-17(18)24/h4-7,10-11,13H,8-9,12H2,1-3H3,(H,25,28). The number of aryl methyl sites for hydroxylation is 1. The fourth-order valence-corrected chi connectivity index (χ4v) is 3.90. The van der Waals surface area contributed by atoms with Crippen LogP contribution in [0.1, 0.15) is 25.8 Å². The smallest absolute Gasteiger partial charge is 0.262 e. The molecular formula is C22H23ClFN3O2S. The molecule has 0 saturated heterocycles. The van der Waals surface area contributed by atoms with Crippen LogP contribution in [0.3, 0.4) is 0 Å². The summed E-state index contributed by atoms with van der Waals surface area (Å²) in [5, 5.41) is 3.98. The molecule has 1 N–H and O–H groups in total. The third-order valence-electron chi connectivity index (χ3n) is 4.54. The Bertz CT molecular complexity index is 1150. The number of amides is 1.